The summed E-state index contributed by atoms with van der Waals surface area (Å²) in [6, 6.07) is 5.05. The van der Waals surface area contributed by atoms with Gasteiger partial charge in [-0.2, -0.15) is 0 Å². The highest BCUT2D eigenvalue weighted by Crippen LogP contribution is 2.12. The number of aromatic amines is 1. The summed E-state index contributed by atoms with van der Waals surface area (Å²) in [6.07, 6.45) is 1.20. The molecular weight excluding hydrogens is 244 g/mol. The molecule has 0 bridgehead atoms. The molecule has 2 rings (SSSR count). The first-order chi connectivity index (χ1) is 9.06. The molecule has 0 amide bonds. The van der Waals surface area contributed by atoms with Gasteiger partial charge in [-0.25, -0.2) is 4.98 Å². The summed E-state index contributed by atoms with van der Waals surface area (Å²) in [7, 11) is 0. The first-order valence-electron chi connectivity index (χ1n) is 6.28. The molecule has 0 fully saturated rings. The van der Waals surface area contributed by atoms with E-state index in [-0.39, 0.29) is 11.7 Å². The van der Waals surface area contributed by atoms with Gasteiger partial charge in [0.2, 0.25) is 5.95 Å². The van der Waals surface area contributed by atoms with E-state index in [4.69, 9.17) is 10.8 Å². The zero-order valence-corrected chi connectivity index (χ0v) is 10.8. The summed E-state index contributed by atoms with van der Waals surface area (Å²) in [4.78, 5) is 18.8. The molecule has 102 valence electrons. The lowest BCUT2D eigenvalue weighted by Gasteiger charge is -2.07. The Morgan fingerprint density at radius 1 is 1.53 bits per heavy atom. The van der Waals surface area contributed by atoms with E-state index in [1.165, 1.54) is 0 Å². The number of benzene rings is 1. The number of rotatable bonds is 5. The molecule has 1 atom stereocenters. The standard InChI is InChI=1S/C13H18N4O2/c1-8(18)3-2-6-15-13-16-11-5-4-9(14)7-10(11)12(19)17-13/h4-5,7-8,18H,2-3,6,14H2,1H3,(H2,15,16,17,19). The predicted octanol–water partition coefficient (Wildman–Crippen LogP) is 1.08. The number of anilines is 2. The molecule has 6 heteroatoms. The minimum Gasteiger partial charge on any atom is -0.399 e. The van der Waals surface area contributed by atoms with E-state index in [1.807, 2.05) is 0 Å². The number of nitrogen functional groups attached to an aromatic ring is 1. The van der Waals surface area contributed by atoms with Crippen LogP contribution in [0, 0.1) is 0 Å². The number of aliphatic hydroxyl groups is 1. The second kappa shape index (κ2) is 5.71. The topological polar surface area (TPSA) is 104 Å². The molecule has 0 saturated carbocycles. The molecule has 1 aromatic heterocycles. The lowest BCUT2D eigenvalue weighted by Crippen LogP contribution is -2.15. The Hall–Kier alpha value is -2.08. The van der Waals surface area contributed by atoms with Crippen molar-refractivity contribution in [3.8, 4) is 0 Å². The molecule has 5 N–H and O–H groups in total. The SMILES string of the molecule is CC(O)CCCNc1nc2ccc(N)cc2c(=O)[nH]1. The zero-order chi connectivity index (χ0) is 13.8. The Balaban J connectivity index is 2.13. The van der Waals surface area contributed by atoms with Crippen LogP contribution in [-0.2, 0) is 0 Å². The van der Waals surface area contributed by atoms with Gasteiger partial charge < -0.3 is 16.2 Å². The van der Waals surface area contributed by atoms with Crippen LogP contribution in [0.25, 0.3) is 10.9 Å². The molecule has 0 spiro atoms. The number of aromatic nitrogens is 2. The van der Waals surface area contributed by atoms with Crippen LogP contribution in [0.1, 0.15) is 19.8 Å². The Labute approximate surface area is 110 Å². The summed E-state index contributed by atoms with van der Waals surface area (Å²) in [5.41, 5.74) is 6.57. The zero-order valence-electron chi connectivity index (χ0n) is 10.8. The molecule has 1 heterocycles. The number of hydrogen-bond acceptors (Lipinski definition) is 5. The van der Waals surface area contributed by atoms with Crippen LogP contribution >= 0.6 is 0 Å². The summed E-state index contributed by atoms with van der Waals surface area (Å²) >= 11 is 0. The Morgan fingerprint density at radius 3 is 3.05 bits per heavy atom. The highest BCUT2D eigenvalue weighted by molar-refractivity contribution is 5.81. The number of aliphatic hydroxyl groups excluding tert-OH is 1. The van der Waals surface area contributed by atoms with E-state index in [1.54, 1.807) is 25.1 Å². The largest absolute Gasteiger partial charge is 0.399 e. The third-order valence-corrected chi connectivity index (χ3v) is 2.82. The molecule has 0 aliphatic carbocycles. The highest BCUT2D eigenvalue weighted by Gasteiger charge is 2.04. The first kappa shape index (κ1) is 13.4. The normalized spacial score (nSPS) is 12.5. The smallest absolute Gasteiger partial charge is 0.260 e. The van der Waals surface area contributed by atoms with Gasteiger partial charge in [-0.05, 0) is 38.0 Å². The van der Waals surface area contributed by atoms with Crippen molar-refractivity contribution >= 4 is 22.5 Å². The maximum atomic E-state index is 11.9. The summed E-state index contributed by atoms with van der Waals surface area (Å²) in [5, 5.41) is 12.7. The van der Waals surface area contributed by atoms with Gasteiger partial charge in [-0.1, -0.05) is 0 Å². The quantitative estimate of drug-likeness (QED) is 0.477. The van der Waals surface area contributed by atoms with Crippen LogP contribution < -0.4 is 16.6 Å². The lowest BCUT2D eigenvalue weighted by molar-refractivity contribution is 0.183. The van der Waals surface area contributed by atoms with E-state index in [0.29, 0.717) is 35.5 Å². The van der Waals surface area contributed by atoms with Crippen LogP contribution in [0.3, 0.4) is 0 Å². The van der Waals surface area contributed by atoms with Crippen molar-refractivity contribution in [2.75, 3.05) is 17.6 Å². The van der Waals surface area contributed by atoms with E-state index in [0.717, 1.165) is 6.42 Å². The molecule has 0 aliphatic rings. The van der Waals surface area contributed by atoms with Crippen LogP contribution in [0.5, 0.6) is 0 Å². The Kier molecular flexibility index (Phi) is 4.01. The summed E-state index contributed by atoms with van der Waals surface area (Å²) < 4.78 is 0. The molecule has 19 heavy (non-hydrogen) atoms. The first-order valence-corrected chi connectivity index (χ1v) is 6.28. The van der Waals surface area contributed by atoms with Crippen molar-refractivity contribution in [3.05, 3.63) is 28.6 Å². The maximum Gasteiger partial charge on any atom is 0.260 e. The molecule has 1 unspecified atom stereocenters. The van der Waals surface area contributed by atoms with Gasteiger partial charge in [0.05, 0.1) is 17.0 Å². The van der Waals surface area contributed by atoms with Gasteiger partial charge in [0.1, 0.15) is 0 Å². The average molecular weight is 262 g/mol. The predicted molar refractivity (Wildman–Crippen MR) is 76.2 cm³/mol. The van der Waals surface area contributed by atoms with E-state index in [2.05, 4.69) is 15.3 Å². The van der Waals surface area contributed by atoms with Gasteiger partial charge in [-0.3, -0.25) is 9.78 Å². The van der Waals surface area contributed by atoms with Gasteiger partial charge >= 0.3 is 0 Å². The average Bonchev–Trinajstić information content (AvgIpc) is 2.35. The number of H-pyrrole nitrogens is 1. The molecule has 0 radical (unpaired) electrons. The van der Waals surface area contributed by atoms with Gasteiger partial charge in [-0.15, -0.1) is 0 Å². The minimum atomic E-state index is -0.312. The van der Waals surface area contributed by atoms with Crippen molar-refractivity contribution in [2.45, 2.75) is 25.9 Å². The van der Waals surface area contributed by atoms with Crippen LogP contribution in [0.15, 0.2) is 23.0 Å². The molecule has 0 saturated heterocycles. The summed E-state index contributed by atoms with van der Waals surface area (Å²) in [6.45, 7) is 2.40. The fraction of sp³-hybridized carbons (Fsp3) is 0.385. The van der Waals surface area contributed by atoms with Crippen molar-refractivity contribution in [3.63, 3.8) is 0 Å². The molecule has 1 aromatic carbocycles. The molecule has 6 nitrogen and oxygen atoms in total. The molecular formula is C13H18N4O2. The third-order valence-electron chi connectivity index (χ3n) is 2.82. The molecule has 2 aromatic rings. The summed E-state index contributed by atoms with van der Waals surface area (Å²) in [5.74, 6) is 0.438. The number of nitrogens with two attached hydrogens (primary N) is 1. The van der Waals surface area contributed by atoms with Crippen molar-refractivity contribution < 1.29 is 5.11 Å². The van der Waals surface area contributed by atoms with Gasteiger partial charge in [0.15, 0.2) is 0 Å². The van der Waals surface area contributed by atoms with E-state index >= 15 is 0 Å². The molecule has 0 aliphatic heterocycles. The Bertz CT molecular complexity index is 622. The van der Waals surface area contributed by atoms with Crippen LogP contribution in [0.2, 0.25) is 0 Å². The Morgan fingerprint density at radius 2 is 2.32 bits per heavy atom. The monoisotopic (exact) mass is 262 g/mol. The number of fused-ring (bicyclic) bond motifs is 1. The minimum absolute atomic E-state index is 0.213. The number of nitrogens with zero attached hydrogens (tertiary/aromatic N) is 1. The van der Waals surface area contributed by atoms with Gasteiger partial charge in [0, 0.05) is 12.2 Å². The third kappa shape index (κ3) is 3.45. The van der Waals surface area contributed by atoms with Crippen molar-refractivity contribution in [1.29, 1.82) is 0 Å². The van der Waals surface area contributed by atoms with Crippen LogP contribution in [0.4, 0.5) is 11.6 Å². The van der Waals surface area contributed by atoms with Crippen molar-refractivity contribution in [1.82, 2.24) is 9.97 Å². The van der Waals surface area contributed by atoms with Crippen molar-refractivity contribution in [2.24, 2.45) is 0 Å². The number of hydrogen-bond donors (Lipinski definition) is 4. The maximum absolute atomic E-state index is 11.9. The van der Waals surface area contributed by atoms with Gasteiger partial charge in [0.25, 0.3) is 5.56 Å². The van der Waals surface area contributed by atoms with E-state index in [9.17, 15) is 4.79 Å². The second-order valence-corrected chi connectivity index (χ2v) is 4.61. The van der Waals surface area contributed by atoms with E-state index < -0.39 is 0 Å². The lowest BCUT2D eigenvalue weighted by atomic mass is 10.2. The van der Waals surface area contributed by atoms with Crippen LogP contribution in [-0.4, -0.2) is 27.7 Å². The fourth-order valence-corrected chi connectivity index (χ4v) is 1.84. The fourth-order valence-electron chi connectivity index (χ4n) is 1.84. The second-order valence-electron chi connectivity index (χ2n) is 4.61. The number of nitrogens with one attached hydrogen (secondary N) is 2. The highest BCUT2D eigenvalue weighted by atomic mass is 16.3.